The quantitative estimate of drug-likeness (QED) is 0.755. The summed E-state index contributed by atoms with van der Waals surface area (Å²) in [5, 5.41) is 11.3. The molecule has 0 spiro atoms. The maximum atomic E-state index is 7.64. The number of allylic oxidation sites excluding steroid dienone is 2. The predicted octanol–water partition coefficient (Wildman–Crippen LogP) is 5.06. The third kappa shape index (κ3) is 2.27. The van der Waals surface area contributed by atoms with Crippen molar-refractivity contribution >= 4 is 29.0 Å². The first-order chi connectivity index (χ1) is 10.5. The summed E-state index contributed by atoms with van der Waals surface area (Å²) >= 11 is 12.6. The molecule has 0 radical (unpaired) electrons. The van der Waals surface area contributed by atoms with Gasteiger partial charge in [0, 0.05) is 11.3 Å². The molecule has 1 aromatic carbocycles. The fraction of sp³-hybridized carbons (Fsp3) is 0.250. The number of rotatable bonds is 2. The van der Waals surface area contributed by atoms with Crippen LogP contribution in [0.25, 0.3) is 4.85 Å². The highest BCUT2D eigenvalue weighted by Crippen LogP contribution is 2.46. The van der Waals surface area contributed by atoms with Crippen LogP contribution in [0.1, 0.15) is 30.9 Å². The second kappa shape index (κ2) is 5.68. The number of H-pyrrole nitrogens is 1. The summed E-state index contributed by atoms with van der Waals surface area (Å²) < 4.78 is 0. The molecule has 1 atom stereocenters. The summed E-state index contributed by atoms with van der Waals surface area (Å²) in [5.74, 6) is 0.717. The standard InChI is InChI=1S/C16H14Cl2N4/c1-8(2)14-15(19-3)12(10-7-20-22-16(10)21-14)9-5-4-6-11(17)13(9)18/h4-8,12H,1-2H3,(H2,20,21,22). The summed E-state index contributed by atoms with van der Waals surface area (Å²) in [4.78, 5) is 3.78. The summed E-state index contributed by atoms with van der Waals surface area (Å²) in [6.07, 6.45) is 1.73. The van der Waals surface area contributed by atoms with Gasteiger partial charge in [-0.05, 0) is 17.5 Å². The highest BCUT2D eigenvalue weighted by molar-refractivity contribution is 6.42. The molecule has 22 heavy (non-hydrogen) atoms. The van der Waals surface area contributed by atoms with E-state index >= 15 is 0 Å². The van der Waals surface area contributed by atoms with Gasteiger partial charge >= 0.3 is 0 Å². The zero-order chi connectivity index (χ0) is 15.9. The molecule has 0 aliphatic carbocycles. The van der Waals surface area contributed by atoms with Crippen LogP contribution in [0.15, 0.2) is 35.8 Å². The number of hydrogen-bond donors (Lipinski definition) is 2. The molecule has 1 aromatic heterocycles. The summed E-state index contributed by atoms with van der Waals surface area (Å²) in [7, 11) is 0. The minimum Gasteiger partial charge on any atom is -0.354 e. The first-order valence-corrected chi connectivity index (χ1v) is 7.66. The topological polar surface area (TPSA) is 45.1 Å². The second-order valence-corrected chi connectivity index (χ2v) is 6.25. The molecule has 3 rings (SSSR count). The molecule has 2 N–H and O–H groups in total. The van der Waals surface area contributed by atoms with Crippen molar-refractivity contribution in [1.82, 2.24) is 10.2 Å². The molecular weight excluding hydrogens is 319 g/mol. The maximum Gasteiger partial charge on any atom is 0.196 e. The van der Waals surface area contributed by atoms with E-state index in [9.17, 15) is 0 Å². The van der Waals surface area contributed by atoms with E-state index in [4.69, 9.17) is 29.8 Å². The number of anilines is 1. The molecule has 1 unspecified atom stereocenters. The number of nitrogens with zero attached hydrogens (tertiary/aromatic N) is 2. The van der Waals surface area contributed by atoms with Crippen LogP contribution in [0.2, 0.25) is 10.0 Å². The van der Waals surface area contributed by atoms with Crippen LogP contribution in [0, 0.1) is 12.5 Å². The minimum absolute atomic E-state index is 0.181. The lowest BCUT2D eigenvalue weighted by atomic mass is 9.85. The fourth-order valence-corrected chi connectivity index (χ4v) is 3.16. The van der Waals surface area contributed by atoms with Crippen molar-refractivity contribution in [2.24, 2.45) is 5.92 Å². The number of aromatic amines is 1. The Hall–Kier alpha value is -1.96. The third-order valence-electron chi connectivity index (χ3n) is 3.78. The smallest absolute Gasteiger partial charge is 0.196 e. The molecule has 0 amide bonds. The van der Waals surface area contributed by atoms with Gasteiger partial charge in [0.25, 0.3) is 0 Å². The average Bonchev–Trinajstić information content (AvgIpc) is 2.96. The van der Waals surface area contributed by atoms with Crippen molar-refractivity contribution in [3.05, 3.63) is 68.4 Å². The van der Waals surface area contributed by atoms with Crippen molar-refractivity contribution < 1.29 is 0 Å². The van der Waals surface area contributed by atoms with Crippen LogP contribution in [-0.4, -0.2) is 10.2 Å². The van der Waals surface area contributed by atoms with Gasteiger partial charge in [-0.1, -0.05) is 49.2 Å². The van der Waals surface area contributed by atoms with Gasteiger partial charge < -0.3 is 5.32 Å². The van der Waals surface area contributed by atoms with Crippen LogP contribution in [0.5, 0.6) is 0 Å². The van der Waals surface area contributed by atoms with E-state index in [0.717, 1.165) is 22.6 Å². The molecule has 6 heteroatoms. The molecule has 0 bridgehead atoms. The Kier molecular flexibility index (Phi) is 3.86. The normalized spacial score (nSPS) is 17.2. The molecule has 0 saturated carbocycles. The third-order valence-corrected chi connectivity index (χ3v) is 4.61. The molecule has 0 fully saturated rings. The van der Waals surface area contributed by atoms with Gasteiger partial charge in [0.1, 0.15) is 5.82 Å². The molecule has 2 aromatic rings. The van der Waals surface area contributed by atoms with Gasteiger partial charge in [-0.2, -0.15) is 5.10 Å². The van der Waals surface area contributed by atoms with Gasteiger partial charge in [0.2, 0.25) is 0 Å². The first-order valence-electron chi connectivity index (χ1n) is 6.90. The monoisotopic (exact) mass is 332 g/mol. The Labute approximate surface area is 139 Å². The van der Waals surface area contributed by atoms with Crippen molar-refractivity contribution in [2.75, 3.05) is 5.32 Å². The Balaban J connectivity index is 2.28. The van der Waals surface area contributed by atoms with Crippen LogP contribution in [-0.2, 0) is 0 Å². The number of fused-ring (bicyclic) bond motifs is 1. The highest BCUT2D eigenvalue weighted by Gasteiger charge is 2.33. The molecule has 1 aliphatic rings. The maximum absolute atomic E-state index is 7.64. The van der Waals surface area contributed by atoms with Crippen LogP contribution in [0.4, 0.5) is 5.82 Å². The lowest BCUT2D eigenvalue weighted by Gasteiger charge is -2.28. The minimum atomic E-state index is -0.268. The van der Waals surface area contributed by atoms with E-state index in [0.29, 0.717) is 15.7 Å². The Morgan fingerprint density at radius 1 is 1.27 bits per heavy atom. The molecular formula is C16H14Cl2N4. The number of benzene rings is 1. The zero-order valence-electron chi connectivity index (χ0n) is 12.1. The van der Waals surface area contributed by atoms with E-state index in [1.165, 1.54) is 0 Å². The first kappa shape index (κ1) is 15.0. The van der Waals surface area contributed by atoms with Crippen LogP contribution >= 0.6 is 23.2 Å². The van der Waals surface area contributed by atoms with Crippen molar-refractivity contribution in [1.29, 1.82) is 0 Å². The van der Waals surface area contributed by atoms with Crippen LogP contribution in [0.3, 0.4) is 0 Å². The highest BCUT2D eigenvalue weighted by atomic mass is 35.5. The summed E-state index contributed by atoms with van der Waals surface area (Å²) in [6, 6.07) is 5.50. The number of aromatic nitrogens is 2. The summed E-state index contributed by atoms with van der Waals surface area (Å²) in [6.45, 7) is 11.7. The predicted molar refractivity (Wildman–Crippen MR) is 89.0 cm³/mol. The SMILES string of the molecule is [C-]#[N+]C1=C(C(C)C)Nc2[nH]ncc2C1c1cccc(Cl)c1Cl. The second-order valence-electron chi connectivity index (χ2n) is 5.47. The Morgan fingerprint density at radius 3 is 2.73 bits per heavy atom. The Morgan fingerprint density at radius 2 is 2.05 bits per heavy atom. The lowest BCUT2D eigenvalue weighted by molar-refractivity contribution is 0.738. The van der Waals surface area contributed by atoms with Gasteiger partial charge in [-0.3, -0.25) is 5.10 Å². The number of halogens is 2. The molecule has 0 saturated heterocycles. The van der Waals surface area contributed by atoms with E-state index in [2.05, 4.69) is 20.4 Å². The van der Waals surface area contributed by atoms with Gasteiger partial charge in [0.05, 0.1) is 28.7 Å². The van der Waals surface area contributed by atoms with E-state index in [-0.39, 0.29) is 11.8 Å². The Bertz CT molecular complexity index is 799. The van der Waals surface area contributed by atoms with E-state index in [1.54, 1.807) is 12.3 Å². The fourth-order valence-electron chi connectivity index (χ4n) is 2.74. The van der Waals surface area contributed by atoms with Gasteiger partial charge in [0.15, 0.2) is 5.70 Å². The van der Waals surface area contributed by atoms with Crippen molar-refractivity contribution in [2.45, 2.75) is 19.8 Å². The van der Waals surface area contributed by atoms with Crippen LogP contribution < -0.4 is 5.32 Å². The van der Waals surface area contributed by atoms with Crippen molar-refractivity contribution in [3.63, 3.8) is 0 Å². The molecule has 1 aliphatic heterocycles. The van der Waals surface area contributed by atoms with Gasteiger partial charge in [-0.15, -0.1) is 0 Å². The van der Waals surface area contributed by atoms with E-state index < -0.39 is 0 Å². The summed E-state index contributed by atoms with van der Waals surface area (Å²) in [5.41, 5.74) is 3.24. The molecule has 2 heterocycles. The molecule has 4 nitrogen and oxygen atoms in total. The van der Waals surface area contributed by atoms with Crippen molar-refractivity contribution in [3.8, 4) is 0 Å². The number of hydrogen-bond acceptors (Lipinski definition) is 2. The zero-order valence-corrected chi connectivity index (χ0v) is 13.6. The van der Waals surface area contributed by atoms with E-state index in [1.807, 2.05) is 26.0 Å². The average molecular weight is 333 g/mol. The lowest BCUT2D eigenvalue weighted by Crippen LogP contribution is -2.20. The largest absolute Gasteiger partial charge is 0.354 e. The van der Waals surface area contributed by atoms with Gasteiger partial charge in [-0.25, -0.2) is 4.85 Å². The molecule has 112 valence electrons. The number of nitrogens with one attached hydrogen (secondary N) is 2.